The van der Waals surface area contributed by atoms with Crippen LogP contribution in [-0.4, -0.2) is 35.8 Å². The van der Waals surface area contributed by atoms with E-state index in [0.717, 1.165) is 17.0 Å². The van der Waals surface area contributed by atoms with E-state index in [2.05, 4.69) is 15.5 Å². The molecule has 0 bridgehead atoms. The van der Waals surface area contributed by atoms with Gasteiger partial charge < -0.3 is 15.0 Å². The van der Waals surface area contributed by atoms with Crippen LogP contribution in [0.2, 0.25) is 0 Å². The van der Waals surface area contributed by atoms with Crippen molar-refractivity contribution in [1.82, 2.24) is 10.2 Å². The number of benzene rings is 3. The van der Waals surface area contributed by atoms with Gasteiger partial charge in [-0.2, -0.15) is 5.10 Å². The molecule has 2 N–H and O–H groups in total. The Kier molecular flexibility index (Phi) is 5.45. The van der Waals surface area contributed by atoms with Crippen LogP contribution in [-0.2, 0) is 4.79 Å². The third-order valence-electron chi connectivity index (χ3n) is 5.94. The van der Waals surface area contributed by atoms with E-state index in [1.807, 2.05) is 24.3 Å². The average molecular weight is 462 g/mol. The number of aromatic nitrogens is 2. The monoisotopic (exact) mass is 462 g/mol. The number of anilines is 2. The Hall–Kier alpha value is -4.27. The van der Waals surface area contributed by atoms with E-state index < -0.39 is 23.4 Å². The first-order valence-electron chi connectivity index (χ1n) is 10.7. The van der Waals surface area contributed by atoms with Gasteiger partial charge in [0.1, 0.15) is 6.04 Å². The standard InChI is InChI=1S/C25H20F2N4O3/c1-34-23-18(26)10-11-19(21(23)27)28-20-12-13-31(25(20)33)15-8-6-14(7-9-15)22-16-4-2-3-5-17(16)24(32)30-29-22/h2-11,20,28H,12-13H2,1H3,(H,30,32). The van der Waals surface area contributed by atoms with Crippen molar-refractivity contribution in [3.63, 3.8) is 0 Å². The van der Waals surface area contributed by atoms with E-state index in [0.29, 0.717) is 29.7 Å². The lowest BCUT2D eigenvalue weighted by Crippen LogP contribution is -2.33. The Bertz CT molecular complexity index is 1450. The Morgan fingerprint density at radius 3 is 2.50 bits per heavy atom. The van der Waals surface area contributed by atoms with Crippen LogP contribution < -0.4 is 20.5 Å². The van der Waals surface area contributed by atoms with Gasteiger partial charge in [-0.05, 0) is 36.8 Å². The molecule has 3 aromatic carbocycles. The fourth-order valence-electron chi connectivity index (χ4n) is 4.22. The number of hydrogen-bond acceptors (Lipinski definition) is 5. The number of ether oxygens (including phenoxy) is 1. The Morgan fingerprint density at radius 2 is 1.76 bits per heavy atom. The molecule has 5 rings (SSSR count). The van der Waals surface area contributed by atoms with Crippen LogP contribution in [0.5, 0.6) is 5.75 Å². The number of nitrogens with one attached hydrogen (secondary N) is 2. The van der Waals surface area contributed by atoms with Crippen LogP contribution in [0.25, 0.3) is 22.0 Å². The van der Waals surface area contributed by atoms with E-state index >= 15 is 0 Å². The molecule has 1 unspecified atom stereocenters. The van der Waals surface area contributed by atoms with Crippen molar-refractivity contribution < 1.29 is 18.3 Å². The van der Waals surface area contributed by atoms with Gasteiger partial charge in [-0.3, -0.25) is 9.59 Å². The van der Waals surface area contributed by atoms with Crippen molar-refractivity contribution >= 4 is 28.1 Å². The van der Waals surface area contributed by atoms with Gasteiger partial charge in [0.25, 0.3) is 5.56 Å². The summed E-state index contributed by atoms with van der Waals surface area (Å²) in [5.41, 5.74) is 1.86. The van der Waals surface area contributed by atoms with Crippen molar-refractivity contribution in [2.45, 2.75) is 12.5 Å². The Morgan fingerprint density at radius 1 is 1.03 bits per heavy atom. The van der Waals surface area contributed by atoms with E-state index in [9.17, 15) is 18.4 Å². The molecule has 9 heteroatoms. The second-order valence-corrected chi connectivity index (χ2v) is 7.91. The number of aromatic amines is 1. The number of nitrogens with zero attached hydrogens (tertiary/aromatic N) is 2. The molecule has 7 nitrogen and oxygen atoms in total. The summed E-state index contributed by atoms with van der Waals surface area (Å²) in [5.74, 6) is -2.40. The summed E-state index contributed by atoms with van der Waals surface area (Å²) in [6, 6.07) is 16.2. The quantitative estimate of drug-likeness (QED) is 0.467. The van der Waals surface area contributed by atoms with Crippen molar-refractivity contribution in [1.29, 1.82) is 0 Å². The predicted molar refractivity (Wildman–Crippen MR) is 125 cm³/mol. The van der Waals surface area contributed by atoms with Crippen LogP contribution in [0.4, 0.5) is 20.2 Å². The molecule has 34 heavy (non-hydrogen) atoms. The van der Waals surface area contributed by atoms with Crippen molar-refractivity contribution in [3.05, 3.63) is 82.7 Å². The number of carbonyl (C=O) groups is 1. The minimum atomic E-state index is -0.876. The highest BCUT2D eigenvalue weighted by molar-refractivity contribution is 6.01. The second kappa shape index (κ2) is 8.58. The van der Waals surface area contributed by atoms with E-state index in [-0.39, 0.29) is 17.2 Å². The molecule has 0 saturated carbocycles. The predicted octanol–water partition coefficient (Wildman–Crippen LogP) is 4.09. The zero-order chi connectivity index (χ0) is 23.8. The number of amides is 1. The number of carbonyl (C=O) groups excluding carboxylic acids is 1. The highest BCUT2D eigenvalue weighted by Gasteiger charge is 2.33. The molecular weight excluding hydrogens is 442 g/mol. The van der Waals surface area contributed by atoms with Gasteiger partial charge in [-0.15, -0.1) is 0 Å². The minimum absolute atomic E-state index is 0.00446. The Labute approximate surface area is 193 Å². The summed E-state index contributed by atoms with van der Waals surface area (Å²) in [4.78, 5) is 26.6. The maximum Gasteiger partial charge on any atom is 0.272 e. The van der Waals surface area contributed by atoms with Gasteiger partial charge in [0.2, 0.25) is 5.91 Å². The zero-order valence-corrected chi connectivity index (χ0v) is 18.1. The number of rotatable bonds is 5. The summed E-state index contributed by atoms with van der Waals surface area (Å²) < 4.78 is 32.9. The van der Waals surface area contributed by atoms with Crippen molar-refractivity contribution in [2.24, 2.45) is 0 Å². The van der Waals surface area contributed by atoms with Gasteiger partial charge in [0.05, 0.1) is 23.9 Å². The molecule has 1 aliphatic rings. The molecule has 1 fully saturated rings. The van der Waals surface area contributed by atoms with Gasteiger partial charge in [-0.1, -0.05) is 30.3 Å². The summed E-state index contributed by atoms with van der Waals surface area (Å²) in [6.45, 7) is 0.440. The van der Waals surface area contributed by atoms with Crippen LogP contribution >= 0.6 is 0 Å². The molecule has 1 saturated heterocycles. The highest BCUT2D eigenvalue weighted by atomic mass is 19.1. The molecule has 1 aromatic heterocycles. The topological polar surface area (TPSA) is 87.3 Å². The van der Waals surface area contributed by atoms with E-state index in [1.54, 1.807) is 29.2 Å². The highest BCUT2D eigenvalue weighted by Crippen LogP contribution is 2.31. The lowest BCUT2D eigenvalue weighted by atomic mass is 10.0. The number of H-pyrrole nitrogens is 1. The molecular formula is C25H20F2N4O3. The molecule has 2 heterocycles. The number of fused-ring (bicyclic) bond motifs is 1. The number of methoxy groups -OCH3 is 1. The summed E-state index contributed by atoms with van der Waals surface area (Å²) in [6.07, 6.45) is 0.450. The van der Waals surface area contributed by atoms with Gasteiger partial charge in [-0.25, -0.2) is 13.9 Å². The fourth-order valence-corrected chi connectivity index (χ4v) is 4.22. The first-order chi connectivity index (χ1) is 16.5. The van der Waals surface area contributed by atoms with Crippen molar-refractivity contribution in [2.75, 3.05) is 23.9 Å². The molecule has 0 aliphatic carbocycles. The second-order valence-electron chi connectivity index (χ2n) is 7.91. The average Bonchev–Trinajstić information content (AvgIpc) is 3.22. The molecule has 4 aromatic rings. The van der Waals surface area contributed by atoms with E-state index in [1.165, 1.54) is 13.2 Å². The van der Waals surface area contributed by atoms with Crippen LogP contribution in [0.3, 0.4) is 0 Å². The molecule has 1 atom stereocenters. The first kappa shape index (κ1) is 21.6. The van der Waals surface area contributed by atoms with Gasteiger partial charge in [0.15, 0.2) is 17.4 Å². The largest absolute Gasteiger partial charge is 0.491 e. The number of halogens is 2. The third-order valence-corrected chi connectivity index (χ3v) is 5.94. The van der Waals surface area contributed by atoms with Crippen molar-refractivity contribution in [3.8, 4) is 17.0 Å². The van der Waals surface area contributed by atoms with Gasteiger partial charge >= 0.3 is 0 Å². The Balaban J connectivity index is 1.37. The van der Waals surface area contributed by atoms with Crippen LogP contribution in [0.1, 0.15) is 6.42 Å². The smallest absolute Gasteiger partial charge is 0.272 e. The van der Waals surface area contributed by atoms with Crippen LogP contribution in [0, 0.1) is 11.6 Å². The molecule has 0 radical (unpaired) electrons. The van der Waals surface area contributed by atoms with E-state index in [4.69, 9.17) is 4.74 Å². The SMILES string of the molecule is COc1c(F)ccc(NC2CCN(c3ccc(-c4n[nH]c(=O)c5ccccc45)cc3)C2=O)c1F. The number of hydrogen-bond donors (Lipinski definition) is 2. The minimum Gasteiger partial charge on any atom is -0.491 e. The maximum absolute atomic E-state index is 14.5. The zero-order valence-electron chi connectivity index (χ0n) is 18.1. The molecule has 172 valence electrons. The molecule has 0 spiro atoms. The molecule has 1 aliphatic heterocycles. The fraction of sp³-hybridized carbons (Fsp3) is 0.160. The normalized spacial score (nSPS) is 15.7. The summed E-state index contributed by atoms with van der Waals surface area (Å²) >= 11 is 0. The molecule has 1 amide bonds. The summed E-state index contributed by atoms with van der Waals surface area (Å²) in [5, 5.41) is 10.9. The van der Waals surface area contributed by atoms with Gasteiger partial charge in [0, 0.05) is 23.2 Å². The van der Waals surface area contributed by atoms with Crippen LogP contribution in [0.15, 0.2) is 65.5 Å². The maximum atomic E-state index is 14.5. The lowest BCUT2D eigenvalue weighted by molar-refractivity contribution is -0.117. The third kappa shape index (κ3) is 3.64. The summed E-state index contributed by atoms with van der Waals surface area (Å²) in [7, 11) is 1.18. The first-order valence-corrected chi connectivity index (χ1v) is 10.7. The lowest BCUT2D eigenvalue weighted by Gasteiger charge is -2.19.